The molecule has 0 aromatic heterocycles. The van der Waals surface area contributed by atoms with Crippen LogP contribution in [0.1, 0.15) is 278 Å². The summed E-state index contributed by atoms with van der Waals surface area (Å²) in [4.78, 5) is 37.6. The van der Waals surface area contributed by atoms with Crippen molar-refractivity contribution in [1.29, 1.82) is 0 Å². The van der Waals surface area contributed by atoms with Crippen molar-refractivity contribution in [3.05, 3.63) is 60.8 Å². The van der Waals surface area contributed by atoms with E-state index in [0.29, 0.717) is 17.4 Å². The fourth-order valence-electron chi connectivity index (χ4n) is 8.71. The molecule has 0 aromatic rings. The molecule has 0 aliphatic rings. The first-order valence-corrected chi connectivity index (χ1v) is 32.1. The van der Waals surface area contributed by atoms with Gasteiger partial charge in [0.05, 0.1) is 33.8 Å². The number of esters is 1. The third-order valence-electron chi connectivity index (χ3n) is 13.4. The van der Waals surface area contributed by atoms with Gasteiger partial charge >= 0.3 is 13.8 Å². The van der Waals surface area contributed by atoms with Gasteiger partial charge in [-0.15, -0.1) is 0 Å². The van der Waals surface area contributed by atoms with Crippen molar-refractivity contribution >= 4 is 19.7 Å². The number of nitrogens with zero attached hydrogens (tertiary/aromatic N) is 1. The minimum absolute atomic E-state index is 0.0347. The van der Waals surface area contributed by atoms with Crippen LogP contribution in [0.3, 0.4) is 0 Å². The molecule has 0 fully saturated rings. The third-order valence-corrected chi connectivity index (χ3v) is 14.4. The Balaban J connectivity index is 5.24. The minimum atomic E-state index is -4.45. The molecule has 0 heterocycles. The van der Waals surface area contributed by atoms with Gasteiger partial charge in [-0.25, -0.2) is 4.57 Å². The molecule has 9 nitrogen and oxygen atoms in total. The third kappa shape index (κ3) is 54.3. The standard InChI is InChI=1S/C63H117N2O7P/c1-7-10-13-16-19-22-25-28-30-31-32-33-34-35-36-38-41-44-47-50-53-56-63(67)72-61(54-51-48-45-42-39-27-24-21-18-15-12-9-3)60(59-71-73(68,69)70-58-57-65(4,5)6)64-62(66)55-52-49-46-43-40-37-29-26-23-20-17-14-11-8-2/h11,14,20,23,28-30,37,51,54,60-61H,7-10,12-13,15-19,21-22,24-27,31-36,38-50,52-53,55-59H2,1-6H3,(H-,64,66,68,69)/p+1/b14-11+,23-20+,30-28+,37-29+,54-51-. The van der Waals surface area contributed by atoms with E-state index in [2.05, 4.69) is 74.7 Å². The zero-order valence-corrected chi connectivity index (χ0v) is 49.5. The minimum Gasteiger partial charge on any atom is -0.456 e. The number of ether oxygens (including phenoxy) is 1. The van der Waals surface area contributed by atoms with Crippen LogP contribution in [0.2, 0.25) is 0 Å². The van der Waals surface area contributed by atoms with Gasteiger partial charge in [-0.1, -0.05) is 236 Å². The molecule has 73 heavy (non-hydrogen) atoms. The first kappa shape index (κ1) is 70.7. The number of rotatable bonds is 55. The molecule has 0 aliphatic heterocycles. The monoisotopic (exact) mass is 1050 g/mol. The van der Waals surface area contributed by atoms with Crippen LogP contribution in [0.25, 0.3) is 0 Å². The molecule has 0 spiro atoms. The lowest BCUT2D eigenvalue weighted by molar-refractivity contribution is -0.870. The molecule has 2 N–H and O–H groups in total. The molecular weight excluding hydrogens is 928 g/mol. The maximum atomic E-state index is 13.5. The quantitative estimate of drug-likeness (QED) is 0.0205. The molecule has 0 aliphatic carbocycles. The number of quaternary nitrogens is 1. The second-order valence-electron chi connectivity index (χ2n) is 21.8. The summed E-state index contributed by atoms with van der Waals surface area (Å²) in [7, 11) is 1.48. The zero-order valence-electron chi connectivity index (χ0n) is 48.6. The molecule has 0 aromatic carbocycles. The second kappa shape index (κ2) is 53.1. The SMILES string of the molecule is CC/C=C/C/C=C/C/C=C/CCCCCCC(=O)NC(COP(=O)(O)OCC[N+](C)(C)C)C(/C=C\CCCCCCCCCCCC)OC(=O)CCCCCCCCCCCCC/C=C/CCCCCCCC. The molecular formula is C63H118N2O7P+. The van der Waals surface area contributed by atoms with Crippen LogP contribution in [0, 0.1) is 0 Å². The van der Waals surface area contributed by atoms with Gasteiger partial charge in [-0.2, -0.15) is 0 Å². The van der Waals surface area contributed by atoms with Crippen molar-refractivity contribution in [3.63, 3.8) is 0 Å². The molecule has 3 unspecified atom stereocenters. The topological polar surface area (TPSA) is 111 Å². The van der Waals surface area contributed by atoms with Crippen LogP contribution in [0.5, 0.6) is 0 Å². The molecule has 1 amide bonds. The van der Waals surface area contributed by atoms with Gasteiger partial charge in [0.25, 0.3) is 0 Å². The van der Waals surface area contributed by atoms with E-state index in [4.69, 9.17) is 13.8 Å². The molecule has 3 atom stereocenters. The number of phosphoric acid groups is 1. The fourth-order valence-corrected chi connectivity index (χ4v) is 9.45. The first-order chi connectivity index (χ1) is 35.4. The summed E-state index contributed by atoms with van der Waals surface area (Å²) in [6.45, 7) is 6.89. The normalized spacial score (nSPS) is 14.1. The maximum Gasteiger partial charge on any atom is 0.472 e. The highest BCUT2D eigenvalue weighted by molar-refractivity contribution is 7.47. The Labute approximate surface area is 451 Å². The molecule has 0 radical (unpaired) electrons. The highest BCUT2D eigenvalue weighted by Crippen LogP contribution is 2.43. The van der Waals surface area contributed by atoms with E-state index >= 15 is 0 Å². The Morgan fingerprint density at radius 2 is 0.877 bits per heavy atom. The van der Waals surface area contributed by atoms with Gasteiger partial charge in [0.1, 0.15) is 19.3 Å². The number of phosphoric ester groups is 1. The Bertz CT molecular complexity index is 1440. The summed E-state index contributed by atoms with van der Waals surface area (Å²) in [6, 6.07) is -0.860. The van der Waals surface area contributed by atoms with Gasteiger partial charge < -0.3 is 19.4 Å². The van der Waals surface area contributed by atoms with Gasteiger partial charge in [0.15, 0.2) is 0 Å². The molecule has 10 heteroatoms. The van der Waals surface area contributed by atoms with Crippen LogP contribution >= 0.6 is 7.82 Å². The second-order valence-corrected chi connectivity index (χ2v) is 23.3. The van der Waals surface area contributed by atoms with Crippen LogP contribution in [0.15, 0.2) is 60.8 Å². The van der Waals surface area contributed by atoms with E-state index in [1.807, 2.05) is 33.3 Å². The van der Waals surface area contributed by atoms with E-state index in [1.165, 1.54) is 154 Å². The van der Waals surface area contributed by atoms with Gasteiger partial charge in [-0.3, -0.25) is 18.6 Å². The number of carbonyl (C=O) groups is 2. The number of likely N-dealkylation sites (N-methyl/N-ethyl adjacent to an activating group) is 1. The first-order valence-electron chi connectivity index (χ1n) is 30.6. The van der Waals surface area contributed by atoms with E-state index in [-0.39, 0.29) is 31.5 Å². The predicted octanol–water partition coefficient (Wildman–Crippen LogP) is 18.7. The number of hydrogen-bond acceptors (Lipinski definition) is 6. The van der Waals surface area contributed by atoms with Crippen molar-refractivity contribution in [3.8, 4) is 0 Å². The molecule has 0 rings (SSSR count). The van der Waals surface area contributed by atoms with Crippen molar-refractivity contribution in [1.82, 2.24) is 5.32 Å². The van der Waals surface area contributed by atoms with Crippen molar-refractivity contribution in [2.45, 2.75) is 290 Å². The number of allylic oxidation sites excluding steroid dienone is 9. The molecule has 426 valence electrons. The predicted molar refractivity (Wildman–Crippen MR) is 314 cm³/mol. The molecule has 0 saturated heterocycles. The molecule has 0 saturated carbocycles. The highest BCUT2D eigenvalue weighted by atomic mass is 31.2. The Hall–Kier alpha value is -2.29. The number of nitrogens with one attached hydrogen (secondary N) is 1. The lowest BCUT2D eigenvalue weighted by Gasteiger charge is -2.27. The lowest BCUT2D eigenvalue weighted by Crippen LogP contribution is -2.47. The zero-order chi connectivity index (χ0) is 53.6. The van der Waals surface area contributed by atoms with E-state index in [1.54, 1.807) is 0 Å². The van der Waals surface area contributed by atoms with Crippen LogP contribution < -0.4 is 5.32 Å². The summed E-state index contributed by atoms with van der Waals surface area (Å²) < 4.78 is 30.6. The van der Waals surface area contributed by atoms with Crippen LogP contribution in [-0.2, 0) is 27.9 Å². The number of unbranched alkanes of at least 4 members (excludes halogenated alkanes) is 31. The average Bonchev–Trinajstić information content (AvgIpc) is 3.35. The average molecular weight is 1050 g/mol. The van der Waals surface area contributed by atoms with Gasteiger partial charge in [-0.05, 0) is 89.5 Å². The van der Waals surface area contributed by atoms with E-state index < -0.39 is 20.0 Å². The lowest BCUT2D eigenvalue weighted by atomic mass is 10.0. The summed E-state index contributed by atoms with van der Waals surface area (Å²) in [6.07, 6.45) is 66.5. The smallest absolute Gasteiger partial charge is 0.456 e. The van der Waals surface area contributed by atoms with E-state index in [9.17, 15) is 19.0 Å². The largest absolute Gasteiger partial charge is 0.472 e. The van der Waals surface area contributed by atoms with Gasteiger partial charge in [0, 0.05) is 12.8 Å². The molecule has 0 bridgehead atoms. The maximum absolute atomic E-state index is 13.5. The highest BCUT2D eigenvalue weighted by Gasteiger charge is 2.30. The van der Waals surface area contributed by atoms with Crippen molar-refractivity contribution < 1.29 is 37.3 Å². The summed E-state index contributed by atoms with van der Waals surface area (Å²) in [5.41, 5.74) is 0. The number of hydrogen-bond donors (Lipinski definition) is 2. The number of carbonyl (C=O) groups excluding carboxylic acids is 2. The Kier molecular flexibility index (Phi) is 51.5. The fraction of sp³-hybridized carbons (Fsp3) is 0.810. The summed E-state index contributed by atoms with van der Waals surface area (Å²) in [5.74, 6) is -0.527. The van der Waals surface area contributed by atoms with Crippen LogP contribution in [0.4, 0.5) is 0 Å². The summed E-state index contributed by atoms with van der Waals surface area (Å²) >= 11 is 0. The van der Waals surface area contributed by atoms with Crippen molar-refractivity contribution in [2.75, 3.05) is 40.9 Å². The van der Waals surface area contributed by atoms with Gasteiger partial charge in [0.2, 0.25) is 5.91 Å². The Morgan fingerprint density at radius 1 is 0.493 bits per heavy atom. The van der Waals surface area contributed by atoms with Crippen LogP contribution in [-0.4, -0.2) is 74.3 Å². The Morgan fingerprint density at radius 3 is 1.33 bits per heavy atom. The van der Waals surface area contributed by atoms with E-state index in [0.717, 1.165) is 89.9 Å². The van der Waals surface area contributed by atoms with Crippen molar-refractivity contribution in [2.24, 2.45) is 0 Å². The summed E-state index contributed by atoms with van der Waals surface area (Å²) in [5, 5.41) is 3.04. The number of amides is 1.